The summed E-state index contributed by atoms with van der Waals surface area (Å²) in [6.45, 7) is 0. The van der Waals surface area contributed by atoms with Crippen molar-refractivity contribution in [1.82, 2.24) is 9.78 Å². The molecule has 1 aliphatic rings. The normalized spacial score (nSPS) is 20.9. The lowest BCUT2D eigenvalue weighted by Crippen LogP contribution is -2.29. The highest BCUT2D eigenvalue weighted by Crippen LogP contribution is 2.30. The summed E-state index contributed by atoms with van der Waals surface area (Å²) in [5.74, 6) is -1.24. The van der Waals surface area contributed by atoms with E-state index in [-0.39, 0.29) is 17.7 Å². The van der Waals surface area contributed by atoms with Gasteiger partial charge in [0.2, 0.25) is 5.91 Å². The molecule has 6 nitrogen and oxygen atoms in total. The quantitative estimate of drug-likeness (QED) is 0.909. The standard InChI is InChI=1S/C17H19N3O3/c21-16(12-6-8-13(9-7-12)17(22)23)19-14-4-1-2-5-15(14)20-11-3-10-18-20/h1-5,10-13H,6-9H2,(H,19,21)(H,22,23). The van der Waals surface area contributed by atoms with E-state index in [1.54, 1.807) is 10.9 Å². The number of carbonyl (C=O) groups excluding carboxylic acids is 1. The first-order valence-corrected chi connectivity index (χ1v) is 7.78. The van der Waals surface area contributed by atoms with Crippen molar-refractivity contribution in [3.63, 3.8) is 0 Å². The molecule has 1 heterocycles. The fraction of sp³-hybridized carbons (Fsp3) is 0.353. The second-order valence-electron chi connectivity index (χ2n) is 5.84. The molecule has 0 radical (unpaired) electrons. The Bertz CT molecular complexity index is 689. The third-order valence-electron chi connectivity index (χ3n) is 4.36. The van der Waals surface area contributed by atoms with E-state index in [1.807, 2.05) is 36.5 Å². The third-order valence-corrected chi connectivity index (χ3v) is 4.36. The summed E-state index contributed by atoms with van der Waals surface area (Å²) in [6, 6.07) is 9.32. The summed E-state index contributed by atoms with van der Waals surface area (Å²) in [5, 5.41) is 16.2. The number of aromatic nitrogens is 2. The van der Waals surface area contributed by atoms with E-state index in [1.165, 1.54) is 0 Å². The summed E-state index contributed by atoms with van der Waals surface area (Å²) in [4.78, 5) is 23.5. The van der Waals surface area contributed by atoms with E-state index in [0.29, 0.717) is 31.4 Å². The highest BCUT2D eigenvalue weighted by molar-refractivity contribution is 5.94. The Hall–Kier alpha value is -2.63. The molecule has 0 bridgehead atoms. The van der Waals surface area contributed by atoms with Crippen molar-refractivity contribution in [2.24, 2.45) is 11.8 Å². The molecule has 1 aromatic heterocycles. The van der Waals surface area contributed by atoms with Gasteiger partial charge >= 0.3 is 5.97 Å². The first kappa shape index (κ1) is 15.3. The fourth-order valence-electron chi connectivity index (χ4n) is 3.03. The number of nitrogens with one attached hydrogen (secondary N) is 1. The van der Waals surface area contributed by atoms with Crippen LogP contribution < -0.4 is 5.32 Å². The van der Waals surface area contributed by atoms with Crippen molar-refractivity contribution in [2.45, 2.75) is 25.7 Å². The number of amides is 1. The van der Waals surface area contributed by atoms with Crippen LogP contribution in [0.2, 0.25) is 0 Å². The molecule has 1 fully saturated rings. The van der Waals surface area contributed by atoms with Gasteiger partial charge in [0.1, 0.15) is 0 Å². The van der Waals surface area contributed by atoms with Gasteiger partial charge in [-0.25, -0.2) is 4.68 Å². The predicted octanol–water partition coefficient (Wildman–Crippen LogP) is 2.70. The number of rotatable bonds is 4. The lowest BCUT2D eigenvalue weighted by molar-refractivity contribution is -0.143. The van der Waals surface area contributed by atoms with E-state index in [9.17, 15) is 9.59 Å². The molecule has 1 amide bonds. The number of carbonyl (C=O) groups is 2. The number of nitrogens with zero attached hydrogens (tertiary/aromatic N) is 2. The van der Waals surface area contributed by atoms with Crippen molar-refractivity contribution < 1.29 is 14.7 Å². The summed E-state index contributed by atoms with van der Waals surface area (Å²) >= 11 is 0. The Morgan fingerprint density at radius 2 is 1.78 bits per heavy atom. The predicted molar refractivity (Wildman–Crippen MR) is 85.3 cm³/mol. The molecule has 0 saturated heterocycles. The van der Waals surface area contributed by atoms with Crippen LogP contribution in [0.3, 0.4) is 0 Å². The highest BCUT2D eigenvalue weighted by Gasteiger charge is 2.30. The molecule has 0 spiro atoms. The zero-order chi connectivity index (χ0) is 16.2. The molecule has 3 rings (SSSR count). The van der Waals surface area contributed by atoms with Crippen molar-refractivity contribution in [1.29, 1.82) is 0 Å². The van der Waals surface area contributed by atoms with Crippen molar-refractivity contribution in [3.05, 3.63) is 42.7 Å². The van der Waals surface area contributed by atoms with E-state index in [2.05, 4.69) is 10.4 Å². The lowest BCUT2D eigenvalue weighted by Gasteiger charge is -2.25. The van der Waals surface area contributed by atoms with Gasteiger partial charge < -0.3 is 10.4 Å². The monoisotopic (exact) mass is 313 g/mol. The van der Waals surface area contributed by atoms with Gasteiger partial charge in [-0.1, -0.05) is 12.1 Å². The maximum absolute atomic E-state index is 12.5. The van der Waals surface area contributed by atoms with Gasteiger partial charge in [0.25, 0.3) is 0 Å². The van der Waals surface area contributed by atoms with E-state index < -0.39 is 5.97 Å². The molecule has 23 heavy (non-hydrogen) atoms. The Morgan fingerprint density at radius 3 is 2.43 bits per heavy atom. The number of benzene rings is 1. The van der Waals surface area contributed by atoms with Crippen LogP contribution in [-0.2, 0) is 9.59 Å². The van der Waals surface area contributed by atoms with E-state index in [0.717, 1.165) is 5.69 Å². The van der Waals surface area contributed by atoms with Crippen LogP contribution in [0, 0.1) is 11.8 Å². The number of hydrogen-bond acceptors (Lipinski definition) is 3. The van der Waals surface area contributed by atoms with Crippen LogP contribution in [-0.4, -0.2) is 26.8 Å². The van der Waals surface area contributed by atoms with Crippen LogP contribution in [0.15, 0.2) is 42.7 Å². The fourth-order valence-corrected chi connectivity index (χ4v) is 3.03. The lowest BCUT2D eigenvalue weighted by atomic mass is 9.81. The number of carboxylic acid groups (broad SMARTS) is 1. The Kier molecular flexibility index (Phi) is 4.41. The number of aliphatic carboxylic acids is 1. The minimum atomic E-state index is -0.757. The highest BCUT2D eigenvalue weighted by atomic mass is 16.4. The third kappa shape index (κ3) is 3.41. The van der Waals surface area contributed by atoms with Crippen LogP contribution >= 0.6 is 0 Å². The molecule has 0 unspecified atom stereocenters. The largest absolute Gasteiger partial charge is 0.481 e. The molecule has 1 saturated carbocycles. The average Bonchev–Trinajstić information content (AvgIpc) is 3.09. The SMILES string of the molecule is O=C(O)C1CCC(C(=O)Nc2ccccc2-n2cccn2)CC1. The van der Waals surface area contributed by atoms with Crippen LogP contribution in [0.25, 0.3) is 5.69 Å². The van der Waals surface area contributed by atoms with Crippen LogP contribution in [0.5, 0.6) is 0 Å². The summed E-state index contributed by atoms with van der Waals surface area (Å²) < 4.78 is 1.71. The maximum atomic E-state index is 12.5. The number of anilines is 1. The summed E-state index contributed by atoms with van der Waals surface area (Å²) in [6.07, 6.45) is 5.87. The van der Waals surface area contributed by atoms with Gasteiger partial charge in [0.15, 0.2) is 0 Å². The van der Waals surface area contributed by atoms with Gasteiger partial charge in [0.05, 0.1) is 17.3 Å². The van der Waals surface area contributed by atoms with Gasteiger partial charge in [-0.15, -0.1) is 0 Å². The summed E-state index contributed by atoms with van der Waals surface area (Å²) in [5.41, 5.74) is 1.52. The summed E-state index contributed by atoms with van der Waals surface area (Å²) in [7, 11) is 0. The molecule has 2 N–H and O–H groups in total. The second-order valence-corrected chi connectivity index (χ2v) is 5.84. The minimum absolute atomic E-state index is 0.0477. The Balaban J connectivity index is 1.69. The maximum Gasteiger partial charge on any atom is 0.306 e. The molecular formula is C17H19N3O3. The topological polar surface area (TPSA) is 84.2 Å². The van der Waals surface area contributed by atoms with Crippen LogP contribution in [0.1, 0.15) is 25.7 Å². The molecule has 6 heteroatoms. The molecule has 1 aliphatic carbocycles. The van der Waals surface area contributed by atoms with Gasteiger partial charge in [0, 0.05) is 18.3 Å². The van der Waals surface area contributed by atoms with Gasteiger partial charge in [-0.3, -0.25) is 9.59 Å². The smallest absolute Gasteiger partial charge is 0.306 e. The molecule has 2 aromatic rings. The van der Waals surface area contributed by atoms with E-state index in [4.69, 9.17) is 5.11 Å². The molecule has 120 valence electrons. The van der Waals surface area contributed by atoms with E-state index >= 15 is 0 Å². The van der Waals surface area contributed by atoms with Crippen LogP contribution in [0.4, 0.5) is 5.69 Å². The first-order valence-electron chi connectivity index (χ1n) is 7.78. The van der Waals surface area contributed by atoms with Crippen molar-refractivity contribution in [2.75, 3.05) is 5.32 Å². The number of para-hydroxylation sites is 2. The molecule has 0 aliphatic heterocycles. The Labute approximate surface area is 134 Å². The number of carboxylic acids is 1. The van der Waals surface area contributed by atoms with Crippen molar-refractivity contribution in [3.8, 4) is 5.69 Å². The zero-order valence-corrected chi connectivity index (χ0v) is 12.7. The van der Waals surface area contributed by atoms with Gasteiger partial charge in [-0.2, -0.15) is 5.10 Å². The molecular weight excluding hydrogens is 294 g/mol. The molecule has 1 aromatic carbocycles. The van der Waals surface area contributed by atoms with Crippen molar-refractivity contribution >= 4 is 17.6 Å². The first-order chi connectivity index (χ1) is 11.1. The van der Waals surface area contributed by atoms with Gasteiger partial charge in [-0.05, 0) is 43.9 Å². The second kappa shape index (κ2) is 6.64. The Morgan fingerprint density at radius 1 is 1.09 bits per heavy atom. The molecule has 0 atom stereocenters. The zero-order valence-electron chi connectivity index (χ0n) is 12.7. The average molecular weight is 313 g/mol. The number of hydrogen-bond donors (Lipinski definition) is 2. The minimum Gasteiger partial charge on any atom is -0.481 e.